The van der Waals surface area contributed by atoms with E-state index in [9.17, 15) is 13.2 Å². The smallest absolute Gasteiger partial charge is 0.239 e. The maximum atomic E-state index is 13.2. The van der Waals surface area contributed by atoms with Gasteiger partial charge in [0.05, 0.1) is 11.4 Å². The van der Waals surface area contributed by atoms with Crippen LogP contribution in [0.2, 0.25) is 0 Å². The molecule has 2 aromatic rings. The summed E-state index contributed by atoms with van der Waals surface area (Å²) in [7, 11) is -3.46. The van der Waals surface area contributed by atoms with Crippen molar-refractivity contribution in [2.75, 3.05) is 41.9 Å². The van der Waals surface area contributed by atoms with Crippen molar-refractivity contribution < 1.29 is 13.2 Å². The number of carbonyl (C=O) groups is 1. The van der Waals surface area contributed by atoms with E-state index in [1.165, 1.54) is 0 Å². The van der Waals surface area contributed by atoms with Crippen molar-refractivity contribution in [1.82, 2.24) is 4.90 Å². The molecule has 0 aliphatic carbocycles. The van der Waals surface area contributed by atoms with Gasteiger partial charge in [0.15, 0.2) is 0 Å². The van der Waals surface area contributed by atoms with Crippen LogP contribution in [0, 0.1) is 0 Å². The zero-order valence-electron chi connectivity index (χ0n) is 16.8. The lowest BCUT2D eigenvalue weighted by molar-refractivity contribution is -0.129. The van der Waals surface area contributed by atoms with Gasteiger partial charge in [-0.3, -0.25) is 9.10 Å². The number of carbonyl (C=O) groups excluding carboxylic acids is 1. The number of fused-ring (bicyclic) bond motifs is 1. The van der Waals surface area contributed by atoms with Gasteiger partial charge >= 0.3 is 0 Å². The highest BCUT2D eigenvalue weighted by atomic mass is 32.2. The minimum atomic E-state index is -3.46. The molecule has 0 aromatic heterocycles. The van der Waals surface area contributed by atoms with Gasteiger partial charge < -0.3 is 9.80 Å². The quantitative estimate of drug-likeness (QED) is 0.773. The first-order valence-electron chi connectivity index (χ1n) is 10.1. The minimum Gasteiger partial charge on any atom is -0.368 e. The van der Waals surface area contributed by atoms with Crippen LogP contribution in [0.3, 0.4) is 0 Å². The number of nitrogens with zero attached hydrogens (tertiary/aromatic N) is 3. The second-order valence-corrected chi connectivity index (χ2v) is 9.62. The highest BCUT2D eigenvalue weighted by Crippen LogP contribution is 2.34. The molecule has 0 unspecified atom stereocenters. The predicted molar refractivity (Wildman–Crippen MR) is 116 cm³/mol. The Bertz CT molecular complexity index is 984. The van der Waals surface area contributed by atoms with Crippen molar-refractivity contribution in [2.24, 2.45) is 0 Å². The summed E-state index contributed by atoms with van der Waals surface area (Å²) in [5.74, 6) is 0.114. The van der Waals surface area contributed by atoms with Gasteiger partial charge in [0, 0.05) is 45.3 Å². The molecule has 2 aliphatic rings. The fourth-order valence-corrected chi connectivity index (χ4v) is 5.80. The number of piperazine rings is 1. The molecule has 0 bridgehead atoms. The lowest BCUT2D eigenvalue weighted by atomic mass is 10.0. The van der Waals surface area contributed by atoms with Crippen LogP contribution < -0.4 is 9.21 Å². The molecule has 154 valence electrons. The molecule has 0 saturated carbocycles. The number of hydrogen-bond acceptors (Lipinski definition) is 4. The SMILES string of the molecule is CC(=O)N1CCN(c2ccc3c(c2)N(S(=O)(=O)Cc2ccccc2)CCC3)CC1. The molecule has 0 atom stereocenters. The molecule has 0 spiro atoms. The molecule has 2 aromatic carbocycles. The Morgan fingerprint density at radius 2 is 1.69 bits per heavy atom. The van der Waals surface area contributed by atoms with Crippen LogP contribution in [-0.4, -0.2) is 51.9 Å². The normalized spacial score (nSPS) is 17.2. The molecule has 4 rings (SSSR count). The molecule has 1 amide bonds. The van der Waals surface area contributed by atoms with E-state index in [1.807, 2.05) is 41.3 Å². The molecule has 2 heterocycles. The van der Waals surface area contributed by atoms with E-state index < -0.39 is 10.0 Å². The molecule has 29 heavy (non-hydrogen) atoms. The van der Waals surface area contributed by atoms with Crippen LogP contribution in [-0.2, 0) is 27.0 Å². The average molecular weight is 414 g/mol. The third kappa shape index (κ3) is 4.24. The Hall–Kier alpha value is -2.54. The standard InChI is InChI=1S/C22H27N3O3S/c1-18(26)23-12-14-24(15-13-23)21-10-9-20-8-5-11-25(22(20)16-21)29(27,28)17-19-6-3-2-4-7-19/h2-4,6-7,9-10,16H,5,8,11-15,17H2,1H3. The third-order valence-corrected chi connectivity index (χ3v) is 7.51. The molecule has 6 nitrogen and oxygen atoms in total. The summed E-state index contributed by atoms with van der Waals surface area (Å²) in [6.07, 6.45) is 1.72. The van der Waals surface area contributed by atoms with Crippen LogP contribution in [0.4, 0.5) is 11.4 Å². The molecule has 1 saturated heterocycles. The minimum absolute atomic E-state index is 0.00872. The zero-order valence-corrected chi connectivity index (χ0v) is 17.6. The Balaban J connectivity index is 1.58. The molecule has 7 heteroatoms. The second kappa shape index (κ2) is 8.06. The fourth-order valence-electron chi connectivity index (χ4n) is 4.16. The number of aryl methyl sites for hydroxylation is 1. The van der Waals surface area contributed by atoms with Crippen molar-refractivity contribution in [3.05, 3.63) is 59.7 Å². The Kier molecular flexibility index (Phi) is 5.50. The molecule has 1 fully saturated rings. The van der Waals surface area contributed by atoms with Crippen molar-refractivity contribution >= 4 is 27.3 Å². The number of amides is 1. The number of rotatable bonds is 4. The average Bonchev–Trinajstić information content (AvgIpc) is 2.73. The summed E-state index contributed by atoms with van der Waals surface area (Å²) in [6, 6.07) is 15.5. The number of sulfonamides is 1. The summed E-state index contributed by atoms with van der Waals surface area (Å²) in [4.78, 5) is 15.7. The van der Waals surface area contributed by atoms with Crippen LogP contribution in [0.5, 0.6) is 0 Å². The van der Waals surface area contributed by atoms with Gasteiger partial charge in [0.1, 0.15) is 0 Å². The van der Waals surface area contributed by atoms with Crippen LogP contribution in [0.25, 0.3) is 0 Å². The van der Waals surface area contributed by atoms with Gasteiger partial charge in [0.2, 0.25) is 15.9 Å². The monoisotopic (exact) mass is 413 g/mol. The molecule has 0 N–H and O–H groups in total. The third-order valence-electron chi connectivity index (χ3n) is 5.76. The summed E-state index contributed by atoms with van der Waals surface area (Å²) in [5, 5.41) is 0. The van der Waals surface area contributed by atoms with Gasteiger partial charge in [-0.2, -0.15) is 0 Å². The van der Waals surface area contributed by atoms with Gasteiger partial charge in [-0.15, -0.1) is 0 Å². The first-order chi connectivity index (χ1) is 13.9. The summed E-state index contributed by atoms with van der Waals surface area (Å²) >= 11 is 0. The maximum absolute atomic E-state index is 13.2. The largest absolute Gasteiger partial charge is 0.368 e. The lowest BCUT2D eigenvalue weighted by Gasteiger charge is -2.37. The maximum Gasteiger partial charge on any atom is 0.239 e. The van der Waals surface area contributed by atoms with E-state index in [0.29, 0.717) is 19.6 Å². The molecule has 2 aliphatic heterocycles. The molecule has 0 radical (unpaired) electrons. The van der Waals surface area contributed by atoms with Gasteiger partial charge in [-0.25, -0.2) is 8.42 Å². The highest BCUT2D eigenvalue weighted by molar-refractivity contribution is 7.92. The summed E-state index contributed by atoms with van der Waals surface area (Å²) in [6.45, 7) is 5.03. The van der Waals surface area contributed by atoms with Crippen molar-refractivity contribution in [1.29, 1.82) is 0 Å². The highest BCUT2D eigenvalue weighted by Gasteiger charge is 2.29. The second-order valence-electron chi connectivity index (χ2n) is 7.72. The van der Waals surface area contributed by atoms with Crippen molar-refractivity contribution in [3.63, 3.8) is 0 Å². The Morgan fingerprint density at radius 1 is 0.966 bits per heavy atom. The number of benzene rings is 2. The van der Waals surface area contributed by atoms with Gasteiger partial charge in [-0.05, 0) is 36.1 Å². The first kappa shape index (κ1) is 19.8. The van der Waals surface area contributed by atoms with Crippen LogP contribution in [0.1, 0.15) is 24.5 Å². The van der Waals surface area contributed by atoms with E-state index in [4.69, 9.17) is 0 Å². The summed E-state index contributed by atoms with van der Waals surface area (Å²) in [5.41, 5.74) is 3.71. The first-order valence-corrected chi connectivity index (χ1v) is 11.7. The number of hydrogen-bond donors (Lipinski definition) is 0. The zero-order chi connectivity index (χ0) is 20.4. The fraction of sp³-hybridized carbons (Fsp3) is 0.409. The van der Waals surface area contributed by atoms with Gasteiger partial charge in [0.25, 0.3) is 0 Å². The van der Waals surface area contributed by atoms with E-state index in [0.717, 1.165) is 48.4 Å². The van der Waals surface area contributed by atoms with E-state index in [1.54, 1.807) is 11.2 Å². The Morgan fingerprint density at radius 3 is 2.38 bits per heavy atom. The molecular formula is C22H27N3O3S. The van der Waals surface area contributed by atoms with Crippen molar-refractivity contribution in [2.45, 2.75) is 25.5 Å². The van der Waals surface area contributed by atoms with Crippen molar-refractivity contribution in [3.8, 4) is 0 Å². The van der Waals surface area contributed by atoms with Crippen LogP contribution >= 0.6 is 0 Å². The van der Waals surface area contributed by atoms with E-state index in [-0.39, 0.29) is 11.7 Å². The van der Waals surface area contributed by atoms with E-state index in [2.05, 4.69) is 17.0 Å². The lowest BCUT2D eigenvalue weighted by Crippen LogP contribution is -2.48. The predicted octanol–water partition coefficient (Wildman–Crippen LogP) is 2.64. The topological polar surface area (TPSA) is 60.9 Å². The Labute approximate surface area is 172 Å². The summed E-state index contributed by atoms with van der Waals surface area (Å²) < 4.78 is 28.0. The molecular weight excluding hydrogens is 386 g/mol. The number of anilines is 2. The van der Waals surface area contributed by atoms with E-state index >= 15 is 0 Å². The van der Waals surface area contributed by atoms with Gasteiger partial charge in [-0.1, -0.05) is 36.4 Å². The van der Waals surface area contributed by atoms with Crippen LogP contribution in [0.15, 0.2) is 48.5 Å².